The number of aromatic nitrogens is 4. The summed E-state index contributed by atoms with van der Waals surface area (Å²) in [5, 5.41) is 18.4. The van der Waals surface area contributed by atoms with Crippen LogP contribution in [0.1, 0.15) is 31.2 Å². The minimum Gasteiger partial charge on any atom is -0.310 e. The van der Waals surface area contributed by atoms with E-state index >= 15 is 0 Å². The monoisotopic (exact) mass is 424 g/mol. The SMILES string of the molecule is N#Cc1c(-c2ccc3ccc(-c4ncccc4F)nc3c2)nn2c1NC(=O)CC21CCC1. The van der Waals surface area contributed by atoms with E-state index in [1.165, 1.54) is 18.3 Å². The number of nitriles is 1. The molecule has 0 unspecified atom stereocenters. The topological polar surface area (TPSA) is 96.5 Å². The lowest BCUT2D eigenvalue weighted by atomic mass is 9.73. The van der Waals surface area contributed by atoms with E-state index in [1.54, 1.807) is 6.07 Å². The first-order chi connectivity index (χ1) is 15.6. The molecule has 32 heavy (non-hydrogen) atoms. The summed E-state index contributed by atoms with van der Waals surface area (Å²) in [4.78, 5) is 21.0. The summed E-state index contributed by atoms with van der Waals surface area (Å²) in [5.74, 6) is -0.0521. The summed E-state index contributed by atoms with van der Waals surface area (Å²) < 4.78 is 16.0. The van der Waals surface area contributed by atoms with Crippen molar-refractivity contribution in [1.82, 2.24) is 19.7 Å². The highest BCUT2D eigenvalue weighted by Crippen LogP contribution is 2.48. The van der Waals surface area contributed by atoms with E-state index in [4.69, 9.17) is 5.10 Å². The van der Waals surface area contributed by atoms with Gasteiger partial charge in [0, 0.05) is 17.1 Å². The average Bonchev–Trinajstić information content (AvgIpc) is 3.15. The number of anilines is 1. The van der Waals surface area contributed by atoms with Crippen molar-refractivity contribution in [2.45, 2.75) is 31.2 Å². The molecule has 4 aromatic rings. The number of hydrogen-bond donors (Lipinski definition) is 1. The molecule has 1 saturated carbocycles. The summed E-state index contributed by atoms with van der Waals surface area (Å²) in [7, 11) is 0. The third kappa shape index (κ3) is 2.64. The second-order valence-electron chi connectivity index (χ2n) is 8.34. The highest BCUT2D eigenvalue weighted by atomic mass is 19.1. The van der Waals surface area contributed by atoms with E-state index in [0.29, 0.717) is 40.3 Å². The zero-order chi connectivity index (χ0) is 21.9. The van der Waals surface area contributed by atoms with Gasteiger partial charge in [-0.3, -0.25) is 9.78 Å². The van der Waals surface area contributed by atoms with Crippen LogP contribution >= 0.6 is 0 Å². The molecule has 0 saturated heterocycles. The average molecular weight is 424 g/mol. The van der Waals surface area contributed by atoms with Gasteiger partial charge < -0.3 is 5.32 Å². The minimum atomic E-state index is -0.439. The second-order valence-corrected chi connectivity index (χ2v) is 8.34. The summed E-state index contributed by atoms with van der Waals surface area (Å²) >= 11 is 0. The van der Waals surface area contributed by atoms with Gasteiger partial charge in [0.15, 0.2) is 5.82 Å². The highest BCUT2D eigenvalue weighted by molar-refractivity contribution is 5.96. The normalized spacial score (nSPS) is 16.3. The first-order valence-corrected chi connectivity index (χ1v) is 10.4. The van der Waals surface area contributed by atoms with E-state index < -0.39 is 5.82 Å². The van der Waals surface area contributed by atoms with Crippen LogP contribution < -0.4 is 5.32 Å². The molecule has 3 aromatic heterocycles. The fourth-order valence-electron chi connectivity index (χ4n) is 4.68. The number of benzene rings is 1. The maximum absolute atomic E-state index is 14.2. The third-order valence-electron chi connectivity index (χ3n) is 6.44. The number of halogens is 1. The van der Waals surface area contributed by atoms with Gasteiger partial charge in [0.2, 0.25) is 5.91 Å². The van der Waals surface area contributed by atoms with Crippen molar-refractivity contribution < 1.29 is 9.18 Å². The summed E-state index contributed by atoms with van der Waals surface area (Å²) in [6.07, 6.45) is 4.69. The van der Waals surface area contributed by atoms with Gasteiger partial charge in [-0.25, -0.2) is 14.1 Å². The van der Waals surface area contributed by atoms with Gasteiger partial charge in [0.25, 0.3) is 0 Å². The van der Waals surface area contributed by atoms with E-state index in [9.17, 15) is 14.4 Å². The van der Waals surface area contributed by atoms with Crippen LogP contribution in [-0.2, 0) is 10.3 Å². The summed E-state index contributed by atoms with van der Waals surface area (Å²) in [5.41, 5.74) is 2.49. The number of hydrogen-bond acceptors (Lipinski definition) is 5. The van der Waals surface area contributed by atoms with Crippen molar-refractivity contribution in [2.75, 3.05) is 5.32 Å². The van der Waals surface area contributed by atoms with Crippen molar-refractivity contribution in [3.8, 4) is 28.7 Å². The smallest absolute Gasteiger partial charge is 0.227 e. The molecule has 4 heterocycles. The van der Waals surface area contributed by atoms with Gasteiger partial charge in [-0.1, -0.05) is 18.2 Å². The molecule has 1 spiro atoms. The molecular formula is C24H17FN6O. The fraction of sp³-hybridized carbons (Fsp3) is 0.208. The Morgan fingerprint density at radius 1 is 1.16 bits per heavy atom. The van der Waals surface area contributed by atoms with E-state index in [0.717, 1.165) is 24.6 Å². The summed E-state index contributed by atoms with van der Waals surface area (Å²) in [6.45, 7) is 0. The first kappa shape index (κ1) is 18.6. The van der Waals surface area contributed by atoms with Crippen LogP contribution in [0.2, 0.25) is 0 Å². The summed E-state index contributed by atoms with van der Waals surface area (Å²) in [6, 6.07) is 14.3. The Balaban J connectivity index is 1.50. The number of amides is 1. The zero-order valence-electron chi connectivity index (χ0n) is 17.0. The lowest BCUT2D eigenvalue weighted by molar-refractivity contribution is -0.120. The number of nitrogens with zero attached hydrogens (tertiary/aromatic N) is 5. The Hall–Kier alpha value is -4.12. The van der Waals surface area contributed by atoms with E-state index in [2.05, 4.69) is 21.4 Å². The minimum absolute atomic E-state index is 0.0812. The van der Waals surface area contributed by atoms with Gasteiger partial charge in [-0.05, 0) is 43.5 Å². The number of fused-ring (bicyclic) bond motifs is 3. The van der Waals surface area contributed by atoms with Crippen LogP contribution in [0, 0.1) is 17.1 Å². The molecule has 1 fully saturated rings. The molecule has 6 rings (SSSR count). The number of rotatable bonds is 2. The predicted octanol–water partition coefficient (Wildman–Crippen LogP) is 4.39. The Morgan fingerprint density at radius 2 is 2.00 bits per heavy atom. The largest absolute Gasteiger partial charge is 0.310 e. The molecule has 0 atom stereocenters. The van der Waals surface area contributed by atoms with Crippen molar-refractivity contribution in [3.05, 3.63) is 60.0 Å². The quantitative estimate of drug-likeness (QED) is 0.515. The Bertz CT molecular complexity index is 1460. The van der Waals surface area contributed by atoms with Gasteiger partial charge >= 0.3 is 0 Å². The first-order valence-electron chi connectivity index (χ1n) is 10.4. The maximum atomic E-state index is 14.2. The fourth-order valence-corrected chi connectivity index (χ4v) is 4.68. The number of pyridine rings is 2. The molecule has 1 aromatic carbocycles. The van der Waals surface area contributed by atoms with Crippen LogP contribution in [-0.4, -0.2) is 25.7 Å². The molecule has 8 heteroatoms. The highest BCUT2D eigenvalue weighted by Gasteiger charge is 2.47. The maximum Gasteiger partial charge on any atom is 0.227 e. The number of carbonyl (C=O) groups is 1. The molecule has 1 N–H and O–H groups in total. The van der Waals surface area contributed by atoms with Gasteiger partial charge in [-0.15, -0.1) is 0 Å². The number of carbonyl (C=O) groups excluding carboxylic acids is 1. The van der Waals surface area contributed by atoms with Crippen molar-refractivity contribution in [3.63, 3.8) is 0 Å². The van der Waals surface area contributed by atoms with Crippen LogP contribution in [0.4, 0.5) is 10.2 Å². The molecule has 1 aliphatic carbocycles. The second kappa shape index (κ2) is 6.69. The molecule has 2 aliphatic rings. The van der Waals surface area contributed by atoms with Crippen molar-refractivity contribution in [2.24, 2.45) is 0 Å². The Kier molecular flexibility index (Phi) is 3.89. The third-order valence-corrected chi connectivity index (χ3v) is 6.44. The Labute approximate surface area is 182 Å². The van der Waals surface area contributed by atoms with Gasteiger partial charge in [-0.2, -0.15) is 10.4 Å². The lowest BCUT2D eigenvalue weighted by Crippen LogP contribution is -2.48. The molecule has 1 amide bonds. The molecular weight excluding hydrogens is 407 g/mol. The van der Waals surface area contributed by atoms with E-state index in [1.807, 2.05) is 28.9 Å². The van der Waals surface area contributed by atoms with Crippen LogP contribution in [0.15, 0.2) is 48.7 Å². The van der Waals surface area contributed by atoms with Crippen molar-refractivity contribution >= 4 is 22.6 Å². The van der Waals surface area contributed by atoms with Crippen LogP contribution in [0.5, 0.6) is 0 Å². The Morgan fingerprint density at radius 3 is 2.75 bits per heavy atom. The van der Waals surface area contributed by atoms with Crippen molar-refractivity contribution in [1.29, 1.82) is 5.26 Å². The van der Waals surface area contributed by atoms with Crippen LogP contribution in [0.25, 0.3) is 33.5 Å². The zero-order valence-corrected chi connectivity index (χ0v) is 17.0. The van der Waals surface area contributed by atoms with Gasteiger partial charge in [0.1, 0.15) is 28.8 Å². The molecule has 7 nitrogen and oxygen atoms in total. The van der Waals surface area contributed by atoms with E-state index in [-0.39, 0.29) is 17.1 Å². The molecule has 0 radical (unpaired) electrons. The lowest BCUT2D eigenvalue weighted by Gasteiger charge is -2.44. The number of nitrogens with one attached hydrogen (secondary N) is 1. The standard InChI is InChI=1S/C24H17FN6O/c25-17-3-1-10-27-22(17)18-7-6-14-4-5-15(11-19(14)28-18)21-16(13-26)23-29-20(32)12-24(8-2-9-24)31(23)30-21/h1,3-7,10-11H,2,8-9,12H2,(H,29,32). The molecule has 0 bridgehead atoms. The van der Waals surface area contributed by atoms with Gasteiger partial charge in [0.05, 0.1) is 23.2 Å². The molecule has 156 valence electrons. The molecule has 1 aliphatic heterocycles. The van der Waals surface area contributed by atoms with Crippen LogP contribution in [0.3, 0.4) is 0 Å². The predicted molar refractivity (Wildman–Crippen MR) is 116 cm³/mol.